The van der Waals surface area contributed by atoms with E-state index in [1.807, 2.05) is 37.3 Å². The Hall–Kier alpha value is -3.04. The van der Waals surface area contributed by atoms with E-state index >= 15 is 0 Å². The predicted octanol–water partition coefficient (Wildman–Crippen LogP) is 1.55. The third-order valence-corrected chi connectivity index (χ3v) is 5.11. The molecule has 0 saturated heterocycles. The Morgan fingerprint density at radius 3 is 3.00 bits per heavy atom. The minimum absolute atomic E-state index is 0.0400. The molecule has 0 unspecified atom stereocenters. The van der Waals surface area contributed by atoms with E-state index in [0.29, 0.717) is 18.7 Å². The molecule has 1 aliphatic rings. The molecule has 0 aliphatic carbocycles. The lowest BCUT2D eigenvalue weighted by Crippen LogP contribution is -2.35. The number of carbonyl (C=O) groups is 1. The summed E-state index contributed by atoms with van der Waals surface area (Å²) in [5.41, 5.74) is 9.80. The molecule has 9 heteroatoms. The van der Waals surface area contributed by atoms with Crippen LogP contribution in [0.2, 0.25) is 5.82 Å². The summed E-state index contributed by atoms with van der Waals surface area (Å²) in [5, 5.41) is 18.5. The van der Waals surface area contributed by atoms with E-state index in [9.17, 15) is 9.82 Å². The van der Waals surface area contributed by atoms with E-state index in [0.717, 1.165) is 28.1 Å². The van der Waals surface area contributed by atoms with Gasteiger partial charge in [0.15, 0.2) is 5.78 Å². The summed E-state index contributed by atoms with van der Waals surface area (Å²) >= 11 is 0. The van der Waals surface area contributed by atoms with Crippen LogP contribution in [-0.4, -0.2) is 37.9 Å². The van der Waals surface area contributed by atoms with Crippen LogP contribution in [0.5, 0.6) is 5.75 Å². The Morgan fingerprint density at radius 1 is 1.38 bits per heavy atom. The van der Waals surface area contributed by atoms with Crippen molar-refractivity contribution < 1.29 is 14.5 Å². The number of pyridine rings is 1. The van der Waals surface area contributed by atoms with Gasteiger partial charge in [-0.1, -0.05) is 23.4 Å². The first-order valence-corrected chi connectivity index (χ1v) is 9.54. The average molecular weight is 391 g/mol. The van der Waals surface area contributed by atoms with Crippen molar-refractivity contribution >= 4 is 12.9 Å². The zero-order chi connectivity index (χ0) is 20.4. The zero-order valence-electron chi connectivity index (χ0n) is 16.2. The van der Waals surface area contributed by atoms with Crippen molar-refractivity contribution in [2.24, 2.45) is 5.73 Å². The second kappa shape index (κ2) is 8.14. The number of nitrogens with zero attached hydrogens (tertiary/aromatic N) is 4. The van der Waals surface area contributed by atoms with Crippen molar-refractivity contribution in [1.82, 2.24) is 20.0 Å². The van der Waals surface area contributed by atoms with Gasteiger partial charge in [-0.3, -0.25) is 9.78 Å². The maximum Gasteiger partial charge on any atom is 0.526 e. The van der Waals surface area contributed by atoms with Crippen molar-refractivity contribution in [2.45, 2.75) is 38.7 Å². The first-order valence-electron chi connectivity index (χ1n) is 9.54. The van der Waals surface area contributed by atoms with Crippen molar-refractivity contribution in [3.8, 4) is 17.0 Å². The van der Waals surface area contributed by atoms with Gasteiger partial charge in [-0.25, -0.2) is 4.68 Å². The molecular formula is C20H22BN5O3. The van der Waals surface area contributed by atoms with Crippen molar-refractivity contribution in [2.75, 3.05) is 0 Å². The molecule has 0 fully saturated rings. The third-order valence-electron chi connectivity index (χ3n) is 5.11. The van der Waals surface area contributed by atoms with Crippen LogP contribution in [-0.2, 0) is 24.3 Å². The molecule has 0 amide bonds. The molecule has 1 aliphatic heterocycles. The summed E-state index contributed by atoms with van der Waals surface area (Å²) in [5.74, 6) is 0.397. The molecule has 3 N–H and O–H groups in total. The van der Waals surface area contributed by atoms with E-state index in [2.05, 4.69) is 15.3 Å². The first kappa shape index (κ1) is 19.3. The minimum Gasteiger partial charge on any atom is -0.536 e. The number of Topliss-reactive ketones (excluding diaryl/α,β-unsaturated/α-hetero) is 1. The number of ketones is 1. The van der Waals surface area contributed by atoms with Gasteiger partial charge in [-0.2, -0.15) is 0 Å². The number of carbonyl (C=O) groups excluding carboxylic acids is 1. The van der Waals surface area contributed by atoms with Gasteiger partial charge in [0.2, 0.25) is 0 Å². The molecular weight excluding hydrogens is 369 g/mol. The van der Waals surface area contributed by atoms with Gasteiger partial charge in [0.25, 0.3) is 0 Å². The Labute approximate surface area is 168 Å². The second-order valence-electron chi connectivity index (χ2n) is 7.32. The molecule has 0 spiro atoms. The Balaban J connectivity index is 1.39. The molecule has 4 rings (SSSR count). The van der Waals surface area contributed by atoms with Crippen LogP contribution in [0.15, 0.2) is 42.7 Å². The molecule has 0 bridgehead atoms. The van der Waals surface area contributed by atoms with Gasteiger partial charge in [-0.15, -0.1) is 5.10 Å². The van der Waals surface area contributed by atoms with Crippen molar-refractivity contribution in [3.05, 3.63) is 59.5 Å². The Kier molecular flexibility index (Phi) is 5.42. The normalized spacial score (nSPS) is 15.7. The van der Waals surface area contributed by atoms with Crippen LogP contribution in [0.25, 0.3) is 11.3 Å². The second-order valence-corrected chi connectivity index (χ2v) is 7.32. The third kappa shape index (κ3) is 4.20. The fourth-order valence-electron chi connectivity index (χ4n) is 3.56. The maximum atomic E-state index is 12.6. The number of benzene rings is 1. The van der Waals surface area contributed by atoms with Crippen LogP contribution in [0.4, 0.5) is 0 Å². The summed E-state index contributed by atoms with van der Waals surface area (Å²) in [4.78, 5) is 16.8. The summed E-state index contributed by atoms with van der Waals surface area (Å²) in [6.07, 6.45) is 4.21. The Morgan fingerprint density at radius 2 is 2.24 bits per heavy atom. The molecule has 1 atom stereocenters. The number of fused-ring (bicyclic) bond motifs is 1. The maximum absolute atomic E-state index is 12.6. The number of hydrogen-bond acceptors (Lipinski definition) is 7. The average Bonchev–Trinajstić information content (AvgIpc) is 3.18. The van der Waals surface area contributed by atoms with Crippen LogP contribution >= 0.6 is 0 Å². The van der Waals surface area contributed by atoms with Crippen LogP contribution in [0.3, 0.4) is 0 Å². The highest BCUT2D eigenvalue weighted by Crippen LogP contribution is 2.35. The van der Waals surface area contributed by atoms with Gasteiger partial charge in [-0.05, 0) is 36.6 Å². The van der Waals surface area contributed by atoms with Gasteiger partial charge < -0.3 is 15.4 Å². The number of nitrogens with two attached hydrogens (primary N) is 1. The number of para-hydroxylation sites is 1. The molecule has 29 heavy (non-hydrogen) atoms. The molecule has 1 aromatic carbocycles. The van der Waals surface area contributed by atoms with Crippen LogP contribution in [0, 0.1) is 6.92 Å². The van der Waals surface area contributed by atoms with E-state index in [1.54, 1.807) is 12.4 Å². The van der Waals surface area contributed by atoms with E-state index in [1.165, 1.54) is 4.68 Å². The quantitative estimate of drug-likeness (QED) is 0.613. The zero-order valence-corrected chi connectivity index (χ0v) is 16.2. The summed E-state index contributed by atoms with van der Waals surface area (Å²) in [7, 11) is -0.994. The van der Waals surface area contributed by atoms with Crippen LogP contribution in [0.1, 0.15) is 23.2 Å². The smallest absolute Gasteiger partial charge is 0.526 e. The highest BCUT2D eigenvalue weighted by Gasteiger charge is 2.36. The molecule has 2 aromatic heterocycles. The van der Waals surface area contributed by atoms with E-state index in [-0.39, 0.29) is 24.6 Å². The predicted molar refractivity (Wildman–Crippen MR) is 108 cm³/mol. The van der Waals surface area contributed by atoms with Crippen molar-refractivity contribution in [1.29, 1.82) is 0 Å². The molecule has 0 saturated carbocycles. The van der Waals surface area contributed by atoms with E-state index in [4.69, 9.17) is 10.4 Å². The molecule has 148 valence electrons. The summed E-state index contributed by atoms with van der Waals surface area (Å²) in [6, 6.07) is 9.59. The lowest BCUT2D eigenvalue weighted by Gasteiger charge is -2.28. The summed E-state index contributed by atoms with van der Waals surface area (Å²) in [6.45, 7) is 2.41. The number of aromatic nitrogens is 4. The van der Waals surface area contributed by atoms with Crippen molar-refractivity contribution in [3.63, 3.8) is 0 Å². The molecule has 3 aromatic rings. The van der Waals surface area contributed by atoms with Gasteiger partial charge in [0, 0.05) is 30.5 Å². The number of rotatable bonds is 6. The highest BCUT2D eigenvalue weighted by atomic mass is 16.5. The Bertz CT molecular complexity index is 1020. The lowest BCUT2D eigenvalue weighted by atomic mass is 9.64. The largest absolute Gasteiger partial charge is 0.536 e. The molecule has 0 radical (unpaired) electrons. The SMILES string of the molecule is Cc1cccc2c1OB(O)[C@@H](CC(=O)Cn1cc(-c3ccc(CN)nc3)nn1)C2. The fourth-order valence-corrected chi connectivity index (χ4v) is 3.56. The summed E-state index contributed by atoms with van der Waals surface area (Å²) < 4.78 is 7.16. The lowest BCUT2D eigenvalue weighted by molar-refractivity contribution is -0.120. The number of hydrogen-bond donors (Lipinski definition) is 2. The number of aryl methyl sites for hydroxylation is 1. The topological polar surface area (TPSA) is 116 Å². The standard InChI is InChI=1S/C20H22BN5O3/c1-13-3-2-4-14-7-16(21(28)29-20(13)14)8-18(27)11-26-12-19(24-25-26)15-5-6-17(9-22)23-10-15/h2-6,10,12,16,28H,7-9,11,22H2,1H3/t16-/m1/s1. The minimum atomic E-state index is -0.994. The van der Waals surface area contributed by atoms with Gasteiger partial charge in [0.1, 0.15) is 18.0 Å². The van der Waals surface area contributed by atoms with Gasteiger partial charge >= 0.3 is 7.12 Å². The van der Waals surface area contributed by atoms with Gasteiger partial charge in [0.05, 0.1) is 11.9 Å². The first-order chi connectivity index (χ1) is 14.0. The van der Waals surface area contributed by atoms with Crippen LogP contribution < -0.4 is 10.4 Å². The monoisotopic (exact) mass is 391 g/mol. The highest BCUT2D eigenvalue weighted by molar-refractivity contribution is 6.46. The molecule has 3 heterocycles. The van der Waals surface area contributed by atoms with E-state index < -0.39 is 7.12 Å². The fraction of sp³-hybridized carbons (Fsp3) is 0.300. The molecule has 8 nitrogen and oxygen atoms in total.